The summed E-state index contributed by atoms with van der Waals surface area (Å²) in [6.07, 6.45) is 2.09. The second-order valence-electron chi connectivity index (χ2n) is 5.58. The highest BCUT2D eigenvalue weighted by Crippen LogP contribution is 2.33. The molecular formula is C14H23N5O2. The minimum atomic E-state index is -0.344. The van der Waals surface area contributed by atoms with Crippen molar-refractivity contribution in [1.82, 2.24) is 9.88 Å². The van der Waals surface area contributed by atoms with Crippen LogP contribution in [0.1, 0.15) is 19.8 Å². The lowest BCUT2D eigenvalue weighted by Crippen LogP contribution is -2.38. The Bertz CT molecular complexity index is 506. The van der Waals surface area contributed by atoms with Crippen LogP contribution in [-0.4, -0.2) is 54.6 Å². The van der Waals surface area contributed by atoms with Crippen LogP contribution >= 0.6 is 0 Å². The van der Waals surface area contributed by atoms with E-state index in [1.807, 2.05) is 21.0 Å². The van der Waals surface area contributed by atoms with Gasteiger partial charge in [0, 0.05) is 31.7 Å². The Kier molecular flexibility index (Phi) is 4.95. The number of hydrogen-bond donors (Lipinski definition) is 1. The van der Waals surface area contributed by atoms with Gasteiger partial charge in [-0.05, 0) is 39.9 Å². The molecule has 116 valence electrons. The normalized spacial score (nSPS) is 18.3. The Morgan fingerprint density at radius 1 is 1.52 bits per heavy atom. The van der Waals surface area contributed by atoms with Crippen molar-refractivity contribution in [3.8, 4) is 0 Å². The summed E-state index contributed by atoms with van der Waals surface area (Å²) in [6.45, 7) is 4.42. The second kappa shape index (κ2) is 6.71. The van der Waals surface area contributed by atoms with E-state index in [4.69, 9.17) is 0 Å². The monoisotopic (exact) mass is 293 g/mol. The largest absolute Gasteiger partial charge is 0.370 e. The summed E-state index contributed by atoms with van der Waals surface area (Å²) >= 11 is 0. The number of anilines is 2. The first-order chi connectivity index (χ1) is 10.0. The number of hydrogen-bond acceptors (Lipinski definition) is 6. The molecule has 0 saturated carbocycles. The highest BCUT2D eigenvalue weighted by Gasteiger charge is 2.31. The van der Waals surface area contributed by atoms with Gasteiger partial charge < -0.3 is 15.1 Å². The summed E-state index contributed by atoms with van der Waals surface area (Å²) in [5.74, 6) is 1.18. The summed E-state index contributed by atoms with van der Waals surface area (Å²) in [5, 5.41) is 14.4. The van der Waals surface area contributed by atoms with Crippen LogP contribution in [0.15, 0.2) is 12.1 Å². The molecule has 2 rings (SSSR count). The molecule has 0 amide bonds. The van der Waals surface area contributed by atoms with Crippen molar-refractivity contribution in [3.05, 3.63) is 22.2 Å². The Morgan fingerprint density at radius 2 is 2.29 bits per heavy atom. The number of likely N-dealkylation sites (N-methyl/N-ethyl adjacent to an activating group) is 1. The standard InChI is InChI=1S/C14H23N5O2/c1-4-15-13-8-7-12(19(20)21)14(16-13)18-9-5-6-11(18)10-17(2)3/h7-8,11H,4-6,9-10H2,1-3H3,(H,15,16). The molecule has 1 unspecified atom stereocenters. The predicted molar refractivity (Wildman–Crippen MR) is 84.0 cm³/mol. The smallest absolute Gasteiger partial charge is 0.311 e. The summed E-state index contributed by atoms with van der Waals surface area (Å²) in [6, 6.07) is 3.50. The van der Waals surface area contributed by atoms with Gasteiger partial charge in [0.05, 0.1) is 4.92 Å². The second-order valence-corrected chi connectivity index (χ2v) is 5.58. The van der Waals surface area contributed by atoms with E-state index in [0.717, 1.165) is 32.5 Å². The fourth-order valence-corrected chi connectivity index (χ4v) is 2.80. The van der Waals surface area contributed by atoms with E-state index in [2.05, 4.69) is 20.1 Å². The molecule has 1 saturated heterocycles. The molecule has 0 aliphatic carbocycles. The number of rotatable bonds is 6. The van der Waals surface area contributed by atoms with Gasteiger partial charge in [0.2, 0.25) is 5.82 Å². The number of aromatic nitrogens is 1. The molecule has 7 nitrogen and oxygen atoms in total. The first-order valence-electron chi connectivity index (χ1n) is 7.33. The van der Waals surface area contributed by atoms with E-state index in [9.17, 15) is 10.1 Å². The van der Waals surface area contributed by atoms with Crippen LogP contribution in [0.3, 0.4) is 0 Å². The maximum Gasteiger partial charge on any atom is 0.311 e. The highest BCUT2D eigenvalue weighted by atomic mass is 16.6. The maximum absolute atomic E-state index is 11.3. The molecule has 1 atom stereocenters. The van der Waals surface area contributed by atoms with Crippen LogP contribution in [0.4, 0.5) is 17.3 Å². The lowest BCUT2D eigenvalue weighted by Gasteiger charge is -2.28. The lowest BCUT2D eigenvalue weighted by molar-refractivity contribution is -0.384. The number of nitro groups is 1. The molecule has 1 aromatic rings. The van der Waals surface area contributed by atoms with Gasteiger partial charge in [-0.15, -0.1) is 0 Å². The van der Waals surface area contributed by atoms with E-state index in [1.54, 1.807) is 12.1 Å². The van der Waals surface area contributed by atoms with Crippen LogP contribution in [0.5, 0.6) is 0 Å². The zero-order valence-corrected chi connectivity index (χ0v) is 12.9. The fourth-order valence-electron chi connectivity index (χ4n) is 2.80. The molecule has 2 heterocycles. The first kappa shape index (κ1) is 15.5. The molecule has 0 spiro atoms. The molecule has 21 heavy (non-hydrogen) atoms. The first-order valence-corrected chi connectivity index (χ1v) is 7.33. The Morgan fingerprint density at radius 3 is 2.90 bits per heavy atom. The summed E-state index contributed by atoms with van der Waals surface area (Å²) in [4.78, 5) is 19.6. The third kappa shape index (κ3) is 3.60. The Balaban J connectivity index is 2.34. The van der Waals surface area contributed by atoms with Crippen molar-refractivity contribution in [1.29, 1.82) is 0 Å². The molecule has 1 aliphatic rings. The van der Waals surface area contributed by atoms with E-state index in [1.165, 1.54) is 0 Å². The average Bonchev–Trinajstić information content (AvgIpc) is 2.86. The molecule has 1 aliphatic heterocycles. The van der Waals surface area contributed by atoms with Crippen molar-refractivity contribution in [3.63, 3.8) is 0 Å². The van der Waals surface area contributed by atoms with Gasteiger partial charge in [0.1, 0.15) is 5.82 Å². The van der Waals surface area contributed by atoms with Crippen molar-refractivity contribution in [2.45, 2.75) is 25.8 Å². The number of pyridine rings is 1. The lowest BCUT2D eigenvalue weighted by atomic mass is 10.2. The number of nitrogens with one attached hydrogen (secondary N) is 1. The van der Waals surface area contributed by atoms with E-state index in [-0.39, 0.29) is 16.7 Å². The zero-order chi connectivity index (χ0) is 15.4. The fraction of sp³-hybridized carbons (Fsp3) is 0.643. The van der Waals surface area contributed by atoms with Crippen LogP contribution in [0.25, 0.3) is 0 Å². The maximum atomic E-state index is 11.3. The molecule has 0 bridgehead atoms. The van der Waals surface area contributed by atoms with E-state index >= 15 is 0 Å². The van der Waals surface area contributed by atoms with Crippen molar-refractivity contribution in [2.75, 3.05) is 43.9 Å². The molecule has 0 radical (unpaired) electrons. The quantitative estimate of drug-likeness (QED) is 0.638. The summed E-state index contributed by atoms with van der Waals surface area (Å²) < 4.78 is 0. The van der Waals surface area contributed by atoms with Crippen LogP contribution in [0, 0.1) is 10.1 Å². The SMILES string of the molecule is CCNc1ccc([N+](=O)[O-])c(N2CCCC2CN(C)C)n1. The van der Waals surface area contributed by atoms with E-state index in [0.29, 0.717) is 11.6 Å². The van der Waals surface area contributed by atoms with Crippen molar-refractivity contribution >= 4 is 17.3 Å². The summed E-state index contributed by atoms with van der Waals surface area (Å²) in [5.41, 5.74) is 0.0855. The topological polar surface area (TPSA) is 74.5 Å². The van der Waals surface area contributed by atoms with Crippen molar-refractivity contribution < 1.29 is 4.92 Å². The molecule has 1 aromatic heterocycles. The number of nitrogens with zero attached hydrogens (tertiary/aromatic N) is 4. The van der Waals surface area contributed by atoms with Gasteiger partial charge in [0.15, 0.2) is 0 Å². The Hall–Kier alpha value is -1.89. The minimum Gasteiger partial charge on any atom is -0.370 e. The molecule has 0 aromatic carbocycles. The molecular weight excluding hydrogens is 270 g/mol. The van der Waals surface area contributed by atoms with Crippen LogP contribution < -0.4 is 10.2 Å². The third-order valence-electron chi connectivity index (χ3n) is 3.63. The summed E-state index contributed by atoms with van der Waals surface area (Å²) in [7, 11) is 4.04. The zero-order valence-electron chi connectivity index (χ0n) is 12.9. The molecule has 1 N–H and O–H groups in total. The van der Waals surface area contributed by atoms with Gasteiger partial charge in [-0.3, -0.25) is 10.1 Å². The van der Waals surface area contributed by atoms with Gasteiger partial charge in [-0.2, -0.15) is 0 Å². The molecule has 7 heteroatoms. The van der Waals surface area contributed by atoms with Gasteiger partial charge >= 0.3 is 5.69 Å². The van der Waals surface area contributed by atoms with Crippen molar-refractivity contribution in [2.24, 2.45) is 0 Å². The Labute approximate surface area is 125 Å². The van der Waals surface area contributed by atoms with Gasteiger partial charge in [-0.25, -0.2) is 4.98 Å². The highest BCUT2D eigenvalue weighted by molar-refractivity contribution is 5.62. The average molecular weight is 293 g/mol. The van der Waals surface area contributed by atoms with Gasteiger partial charge in [0.25, 0.3) is 0 Å². The van der Waals surface area contributed by atoms with Crippen LogP contribution in [-0.2, 0) is 0 Å². The van der Waals surface area contributed by atoms with Crippen LogP contribution in [0.2, 0.25) is 0 Å². The van der Waals surface area contributed by atoms with E-state index < -0.39 is 0 Å². The third-order valence-corrected chi connectivity index (χ3v) is 3.63. The minimum absolute atomic E-state index is 0.0855. The predicted octanol–water partition coefficient (Wildman–Crippen LogP) is 1.95. The molecule has 1 fully saturated rings. The van der Waals surface area contributed by atoms with Gasteiger partial charge in [-0.1, -0.05) is 0 Å².